The Hall–Kier alpha value is -2.57. The van der Waals surface area contributed by atoms with Gasteiger partial charge in [0.1, 0.15) is 5.92 Å². The summed E-state index contributed by atoms with van der Waals surface area (Å²) >= 11 is 0. The summed E-state index contributed by atoms with van der Waals surface area (Å²) in [6, 6.07) is 5.76. The lowest BCUT2D eigenvalue weighted by Gasteiger charge is -2.18. The summed E-state index contributed by atoms with van der Waals surface area (Å²) in [6.45, 7) is 5.14. The van der Waals surface area contributed by atoms with E-state index in [9.17, 15) is 14.4 Å². The Morgan fingerprint density at radius 2 is 1.72 bits per heavy atom. The largest absolute Gasteiger partial charge is 0.354 e. The van der Waals surface area contributed by atoms with Crippen LogP contribution < -0.4 is 15.5 Å². The molecule has 0 spiro atoms. The van der Waals surface area contributed by atoms with Crippen molar-refractivity contribution in [3.8, 4) is 0 Å². The zero-order chi connectivity index (χ0) is 18.6. The number of nitrogens with one attached hydrogen (secondary N) is 2. The number of benzene rings is 1. The Kier molecular flexibility index (Phi) is 6.01. The van der Waals surface area contributed by atoms with Gasteiger partial charge >= 0.3 is 6.03 Å². The van der Waals surface area contributed by atoms with Gasteiger partial charge in [-0.05, 0) is 43.5 Å². The molecular weight excluding hydrogens is 320 g/mol. The highest BCUT2D eigenvalue weighted by Gasteiger charge is 2.37. The van der Waals surface area contributed by atoms with Crippen LogP contribution in [-0.2, 0) is 9.59 Å². The van der Waals surface area contributed by atoms with E-state index in [4.69, 9.17) is 0 Å². The zero-order valence-corrected chi connectivity index (χ0v) is 15.3. The molecule has 0 aromatic heterocycles. The number of nitrogens with zero attached hydrogens (tertiary/aromatic N) is 2. The van der Waals surface area contributed by atoms with Crippen LogP contribution in [0.4, 0.5) is 10.5 Å². The molecule has 1 aromatic rings. The van der Waals surface area contributed by atoms with E-state index >= 15 is 0 Å². The summed E-state index contributed by atoms with van der Waals surface area (Å²) in [7, 11) is 3.29. The Bertz CT molecular complexity index is 652. The topological polar surface area (TPSA) is 81.8 Å². The first kappa shape index (κ1) is 18.8. The van der Waals surface area contributed by atoms with Crippen molar-refractivity contribution in [1.82, 2.24) is 15.5 Å². The van der Waals surface area contributed by atoms with E-state index in [0.717, 1.165) is 16.8 Å². The van der Waals surface area contributed by atoms with Gasteiger partial charge in [-0.25, -0.2) is 4.79 Å². The third-order valence-corrected chi connectivity index (χ3v) is 4.15. The predicted molar refractivity (Wildman–Crippen MR) is 96.5 cm³/mol. The van der Waals surface area contributed by atoms with Gasteiger partial charge in [0.05, 0.1) is 0 Å². The standard InChI is InChI=1S/C18H26N4O3/c1-12-9-13(2)11-14(10-12)22-8-5-15(17(22)24)16(23)19-6-7-20-18(25)21(3)4/h9-11,15H,5-8H2,1-4H3,(H,19,23)(H,20,25)/t15-/m0/s1. The minimum atomic E-state index is -0.662. The minimum Gasteiger partial charge on any atom is -0.354 e. The van der Waals surface area contributed by atoms with E-state index in [1.165, 1.54) is 4.90 Å². The normalized spacial score (nSPS) is 16.7. The van der Waals surface area contributed by atoms with Crippen LogP contribution in [0.2, 0.25) is 0 Å². The molecule has 2 rings (SSSR count). The third kappa shape index (κ3) is 4.71. The average molecular weight is 346 g/mol. The highest BCUT2D eigenvalue weighted by Crippen LogP contribution is 2.27. The van der Waals surface area contributed by atoms with Gasteiger partial charge < -0.3 is 20.4 Å². The molecule has 1 aliphatic heterocycles. The molecule has 0 aliphatic carbocycles. The minimum absolute atomic E-state index is 0.167. The maximum absolute atomic E-state index is 12.6. The summed E-state index contributed by atoms with van der Waals surface area (Å²) < 4.78 is 0. The summed E-state index contributed by atoms with van der Waals surface area (Å²) in [5.41, 5.74) is 3.02. The van der Waals surface area contributed by atoms with Crippen molar-refractivity contribution in [2.24, 2.45) is 5.92 Å². The van der Waals surface area contributed by atoms with Crippen LogP contribution in [0.1, 0.15) is 17.5 Å². The molecule has 1 atom stereocenters. The lowest BCUT2D eigenvalue weighted by molar-refractivity contribution is -0.132. The number of urea groups is 1. The van der Waals surface area contributed by atoms with Gasteiger partial charge in [0, 0.05) is 39.4 Å². The SMILES string of the molecule is Cc1cc(C)cc(N2CC[C@@H](C(=O)NCCNC(=O)N(C)C)C2=O)c1. The van der Waals surface area contributed by atoms with Crippen molar-refractivity contribution in [3.63, 3.8) is 0 Å². The number of carbonyl (C=O) groups excluding carboxylic acids is 3. The molecule has 1 aromatic carbocycles. The van der Waals surface area contributed by atoms with Crippen LogP contribution >= 0.6 is 0 Å². The summed E-state index contributed by atoms with van der Waals surface area (Å²) in [4.78, 5) is 39.3. The van der Waals surface area contributed by atoms with E-state index < -0.39 is 5.92 Å². The van der Waals surface area contributed by atoms with Crippen LogP contribution in [-0.4, -0.2) is 56.5 Å². The van der Waals surface area contributed by atoms with Gasteiger partial charge in [0.2, 0.25) is 11.8 Å². The fourth-order valence-corrected chi connectivity index (χ4v) is 2.92. The molecule has 0 saturated carbocycles. The van der Waals surface area contributed by atoms with E-state index in [1.807, 2.05) is 26.0 Å². The second kappa shape index (κ2) is 8.00. The second-order valence-corrected chi connectivity index (χ2v) is 6.59. The van der Waals surface area contributed by atoms with E-state index in [-0.39, 0.29) is 17.8 Å². The van der Waals surface area contributed by atoms with Gasteiger partial charge in [0.25, 0.3) is 0 Å². The summed E-state index contributed by atoms with van der Waals surface area (Å²) in [6.07, 6.45) is 0.502. The lowest BCUT2D eigenvalue weighted by Crippen LogP contribution is -2.42. The van der Waals surface area contributed by atoms with E-state index in [0.29, 0.717) is 26.1 Å². The fraction of sp³-hybridized carbons (Fsp3) is 0.500. The smallest absolute Gasteiger partial charge is 0.316 e. The Morgan fingerprint density at radius 3 is 2.32 bits per heavy atom. The first-order valence-corrected chi connectivity index (χ1v) is 8.42. The maximum Gasteiger partial charge on any atom is 0.316 e. The third-order valence-electron chi connectivity index (χ3n) is 4.15. The molecule has 1 fully saturated rings. The second-order valence-electron chi connectivity index (χ2n) is 6.59. The maximum atomic E-state index is 12.6. The number of rotatable bonds is 5. The molecule has 7 nitrogen and oxygen atoms in total. The van der Waals surface area contributed by atoms with E-state index in [2.05, 4.69) is 16.7 Å². The molecule has 4 amide bonds. The Balaban J connectivity index is 1.88. The van der Waals surface area contributed by atoms with Crippen LogP contribution in [0.25, 0.3) is 0 Å². The first-order chi connectivity index (χ1) is 11.8. The van der Waals surface area contributed by atoms with Crippen molar-refractivity contribution in [2.75, 3.05) is 38.6 Å². The molecule has 2 N–H and O–H groups in total. The van der Waals surface area contributed by atoms with Crippen molar-refractivity contribution in [1.29, 1.82) is 0 Å². The quantitative estimate of drug-likeness (QED) is 0.617. The van der Waals surface area contributed by atoms with Gasteiger partial charge in [-0.3, -0.25) is 9.59 Å². The van der Waals surface area contributed by atoms with Gasteiger partial charge in [-0.15, -0.1) is 0 Å². The molecule has 25 heavy (non-hydrogen) atoms. The van der Waals surface area contributed by atoms with Gasteiger partial charge in [-0.1, -0.05) is 6.07 Å². The molecular formula is C18H26N4O3. The Labute approximate surface area is 148 Å². The highest BCUT2D eigenvalue weighted by molar-refractivity contribution is 6.09. The molecule has 1 heterocycles. The molecule has 1 aliphatic rings. The van der Waals surface area contributed by atoms with Crippen molar-refractivity contribution in [2.45, 2.75) is 20.3 Å². The first-order valence-electron chi connectivity index (χ1n) is 8.42. The molecule has 0 bridgehead atoms. The Morgan fingerprint density at radius 1 is 1.12 bits per heavy atom. The average Bonchev–Trinajstić information content (AvgIpc) is 2.91. The van der Waals surface area contributed by atoms with Crippen LogP contribution in [0.3, 0.4) is 0 Å². The van der Waals surface area contributed by atoms with Crippen molar-refractivity contribution in [3.05, 3.63) is 29.3 Å². The highest BCUT2D eigenvalue weighted by atomic mass is 16.2. The van der Waals surface area contributed by atoms with Crippen molar-refractivity contribution >= 4 is 23.5 Å². The number of amides is 4. The van der Waals surface area contributed by atoms with Crippen LogP contribution in [0, 0.1) is 19.8 Å². The molecule has 7 heteroatoms. The summed E-state index contributed by atoms with van der Waals surface area (Å²) in [5, 5.41) is 5.39. The lowest BCUT2D eigenvalue weighted by atomic mass is 10.1. The molecule has 136 valence electrons. The van der Waals surface area contributed by atoms with Crippen LogP contribution in [0.5, 0.6) is 0 Å². The molecule has 0 radical (unpaired) electrons. The van der Waals surface area contributed by atoms with E-state index in [1.54, 1.807) is 19.0 Å². The van der Waals surface area contributed by atoms with Crippen LogP contribution in [0.15, 0.2) is 18.2 Å². The number of aryl methyl sites for hydroxylation is 2. The zero-order valence-electron chi connectivity index (χ0n) is 15.3. The summed E-state index contributed by atoms with van der Waals surface area (Å²) in [5.74, 6) is -1.11. The van der Waals surface area contributed by atoms with Gasteiger partial charge in [0.15, 0.2) is 0 Å². The number of hydrogen-bond acceptors (Lipinski definition) is 3. The number of hydrogen-bond donors (Lipinski definition) is 2. The van der Waals surface area contributed by atoms with Gasteiger partial charge in [-0.2, -0.15) is 0 Å². The van der Waals surface area contributed by atoms with Crippen molar-refractivity contribution < 1.29 is 14.4 Å². The number of anilines is 1. The number of carbonyl (C=O) groups is 3. The molecule has 1 saturated heterocycles. The monoisotopic (exact) mass is 346 g/mol. The molecule has 0 unspecified atom stereocenters. The predicted octanol–water partition coefficient (Wildman–Crippen LogP) is 1.04. The fourth-order valence-electron chi connectivity index (χ4n) is 2.92.